The zero-order valence-electron chi connectivity index (χ0n) is 18.3. The fourth-order valence-corrected chi connectivity index (χ4v) is 5.86. The van der Waals surface area contributed by atoms with E-state index in [9.17, 15) is 18.0 Å². The average Bonchev–Trinajstić information content (AvgIpc) is 3.26. The molecule has 0 aliphatic carbocycles. The molecule has 1 aliphatic heterocycles. The summed E-state index contributed by atoms with van der Waals surface area (Å²) < 4.78 is 37.5. The summed E-state index contributed by atoms with van der Waals surface area (Å²) in [6, 6.07) is 6.25. The first-order chi connectivity index (χ1) is 15.3. The molecule has 32 heavy (non-hydrogen) atoms. The van der Waals surface area contributed by atoms with Gasteiger partial charge in [-0.1, -0.05) is 0 Å². The zero-order chi connectivity index (χ0) is 23.3. The van der Waals surface area contributed by atoms with Crippen molar-refractivity contribution in [3.8, 4) is 5.75 Å². The van der Waals surface area contributed by atoms with E-state index in [0.717, 1.165) is 0 Å². The van der Waals surface area contributed by atoms with Crippen molar-refractivity contribution >= 4 is 38.4 Å². The first-order valence-electron chi connectivity index (χ1n) is 10.3. The van der Waals surface area contributed by atoms with Gasteiger partial charge in [-0.15, -0.1) is 11.3 Å². The molecule has 0 bridgehead atoms. The minimum atomic E-state index is -3.62. The van der Waals surface area contributed by atoms with Crippen LogP contribution in [0.3, 0.4) is 0 Å². The largest absolute Gasteiger partial charge is 0.497 e. The molecule has 1 aliphatic rings. The fourth-order valence-electron chi connectivity index (χ4n) is 3.47. The van der Waals surface area contributed by atoms with Crippen LogP contribution in [-0.2, 0) is 31.0 Å². The normalized spacial score (nSPS) is 15.3. The molecule has 0 atom stereocenters. The Hall–Kier alpha value is -2.50. The number of nitrogens with zero attached hydrogens (tertiary/aromatic N) is 3. The lowest BCUT2D eigenvalue weighted by Gasteiger charge is -2.30. The molecule has 1 aromatic carbocycles. The van der Waals surface area contributed by atoms with Crippen molar-refractivity contribution in [3.05, 3.63) is 35.3 Å². The van der Waals surface area contributed by atoms with Gasteiger partial charge in [-0.3, -0.25) is 14.5 Å². The highest BCUT2D eigenvalue weighted by Crippen LogP contribution is 2.26. The highest BCUT2D eigenvalue weighted by molar-refractivity contribution is 7.89. The van der Waals surface area contributed by atoms with Gasteiger partial charge in [0.05, 0.1) is 23.6 Å². The minimum Gasteiger partial charge on any atom is -0.497 e. The van der Waals surface area contributed by atoms with Gasteiger partial charge in [-0.05, 0) is 44.0 Å². The monoisotopic (exact) mass is 481 g/mol. The van der Waals surface area contributed by atoms with Crippen molar-refractivity contribution in [1.29, 1.82) is 0 Å². The van der Waals surface area contributed by atoms with Gasteiger partial charge in [0.15, 0.2) is 5.13 Å². The maximum absolute atomic E-state index is 12.8. The molecular weight excluding hydrogens is 454 g/mol. The summed E-state index contributed by atoms with van der Waals surface area (Å²) in [5, 5.41) is 2.33. The number of methoxy groups -OCH3 is 1. The van der Waals surface area contributed by atoms with Crippen molar-refractivity contribution < 1.29 is 27.5 Å². The van der Waals surface area contributed by atoms with Crippen molar-refractivity contribution in [3.63, 3.8) is 0 Å². The predicted molar refractivity (Wildman–Crippen MR) is 120 cm³/mol. The Balaban J connectivity index is 1.52. The summed E-state index contributed by atoms with van der Waals surface area (Å²) in [4.78, 5) is 30.2. The van der Waals surface area contributed by atoms with Crippen LogP contribution in [0.15, 0.2) is 34.5 Å². The number of benzene rings is 1. The van der Waals surface area contributed by atoms with Gasteiger partial charge in [-0.2, -0.15) is 4.31 Å². The van der Waals surface area contributed by atoms with Gasteiger partial charge in [0.1, 0.15) is 12.4 Å². The molecule has 0 unspecified atom stereocenters. The van der Waals surface area contributed by atoms with Crippen LogP contribution in [0.2, 0.25) is 0 Å². The number of amides is 1. The second-order valence-corrected chi connectivity index (χ2v) is 10.1. The standard InChI is InChI=1S/C21H27N3O6S2/c1-4-24(15(2)25)21-22-17(14-31-21)13-30-20(26)16-9-11-23(12-10-16)32(27,28)19-7-5-18(29-3)6-8-19/h5-8,14,16H,4,9-13H2,1-3H3. The molecule has 2 aromatic rings. The van der Waals surface area contributed by atoms with E-state index in [0.29, 0.717) is 36.0 Å². The lowest BCUT2D eigenvalue weighted by Crippen LogP contribution is -2.40. The Morgan fingerprint density at radius 1 is 1.22 bits per heavy atom. The van der Waals surface area contributed by atoms with Gasteiger partial charge >= 0.3 is 5.97 Å². The van der Waals surface area contributed by atoms with Crippen molar-refractivity contribution in [2.75, 3.05) is 31.6 Å². The number of anilines is 1. The highest BCUT2D eigenvalue weighted by Gasteiger charge is 2.33. The molecule has 1 fully saturated rings. The maximum atomic E-state index is 12.8. The van der Waals surface area contributed by atoms with Crippen LogP contribution in [0, 0.1) is 5.92 Å². The number of carbonyl (C=O) groups is 2. The number of carbonyl (C=O) groups excluding carboxylic acids is 2. The molecule has 2 heterocycles. The third kappa shape index (κ3) is 5.45. The van der Waals surface area contributed by atoms with Crippen LogP contribution < -0.4 is 9.64 Å². The number of hydrogen-bond acceptors (Lipinski definition) is 8. The van der Waals surface area contributed by atoms with E-state index in [1.807, 2.05) is 6.92 Å². The summed E-state index contributed by atoms with van der Waals surface area (Å²) in [6.45, 7) is 4.38. The van der Waals surface area contributed by atoms with E-state index in [1.165, 1.54) is 41.8 Å². The number of ether oxygens (including phenoxy) is 2. The van der Waals surface area contributed by atoms with E-state index in [-0.39, 0.29) is 42.4 Å². The lowest BCUT2D eigenvalue weighted by atomic mass is 9.98. The number of sulfonamides is 1. The number of rotatable bonds is 8. The van der Waals surface area contributed by atoms with Gasteiger partial charge < -0.3 is 9.47 Å². The Morgan fingerprint density at radius 2 is 1.88 bits per heavy atom. The quantitative estimate of drug-likeness (QED) is 0.534. The molecule has 11 heteroatoms. The molecule has 0 saturated carbocycles. The summed E-state index contributed by atoms with van der Waals surface area (Å²) >= 11 is 1.32. The van der Waals surface area contributed by atoms with Gasteiger partial charge in [0.2, 0.25) is 15.9 Å². The number of piperidine rings is 1. The topological polar surface area (TPSA) is 106 Å². The Kier molecular flexibility index (Phi) is 7.86. The van der Waals surface area contributed by atoms with Crippen LogP contribution in [0.4, 0.5) is 5.13 Å². The summed E-state index contributed by atoms with van der Waals surface area (Å²) in [5.74, 6) is -0.233. The van der Waals surface area contributed by atoms with E-state index in [4.69, 9.17) is 9.47 Å². The second kappa shape index (κ2) is 10.4. The van der Waals surface area contributed by atoms with Crippen LogP contribution in [0.1, 0.15) is 32.4 Å². The Bertz CT molecular complexity index is 1040. The van der Waals surface area contributed by atoms with E-state index >= 15 is 0 Å². The van der Waals surface area contributed by atoms with Crippen LogP contribution in [0.25, 0.3) is 0 Å². The smallest absolute Gasteiger partial charge is 0.309 e. The molecule has 0 radical (unpaired) electrons. The fraction of sp³-hybridized carbons (Fsp3) is 0.476. The van der Waals surface area contributed by atoms with E-state index in [2.05, 4.69) is 4.98 Å². The highest BCUT2D eigenvalue weighted by atomic mass is 32.2. The maximum Gasteiger partial charge on any atom is 0.309 e. The van der Waals surface area contributed by atoms with Crippen molar-refractivity contribution in [2.45, 2.75) is 38.2 Å². The predicted octanol–water partition coefficient (Wildman–Crippen LogP) is 2.67. The second-order valence-electron chi connectivity index (χ2n) is 7.35. The molecule has 0 spiro atoms. The lowest BCUT2D eigenvalue weighted by molar-refractivity contribution is -0.151. The molecule has 3 rings (SSSR count). The number of esters is 1. The molecule has 9 nitrogen and oxygen atoms in total. The first kappa shape index (κ1) is 24.1. The average molecular weight is 482 g/mol. The SMILES string of the molecule is CCN(C(C)=O)c1nc(COC(=O)C2CCN(S(=O)(=O)c3ccc(OC)cc3)CC2)cs1. The summed E-state index contributed by atoms with van der Waals surface area (Å²) in [7, 11) is -2.10. The minimum absolute atomic E-state index is 0.0230. The zero-order valence-corrected chi connectivity index (χ0v) is 19.9. The molecule has 174 valence electrons. The van der Waals surface area contributed by atoms with Gasteiger partial charge in [0, 0.05) is 31.9 Å². The van der Waals surface area contributed by atoms with Gasteiger partial charge in [-0.25, -0.2) is 13.4 Å². The van der Waals surface area contributed by atoms with Crippen molar-refractivity contribution in [2.24, 2.45) is 5.92 Å². The van der Waals surface area contributed by atoms with Gasteiger partial charge in [0.25, 0.3) is 0 Å². The molecule has 1 amide bonds. The number of thiazole rings is 1. The first-order valence-corrected chi connectivity index (χ1v) is 12.6. The van der Waals surface area contributed by atoms with E-state index < -0.39 is 10.0 Å². The van der Waals surface area contributed by atoms with E-state index in [1.54, 1.807) is 22.4 Å². The molecule has 1 saturated heterocycles. The van der Waals surface area contributed by atoms with Crippen LogP contribution >= 0.6 is 11.3 Å². The molecule has 0 N–H and O–H groups in total. The third-order valence-electron chi connectivity index (χ3n) is 5.31. The molecule has 1 aromatic heterocycles. The number of aromatic nitrogens is 1. The molecular formula is C21H27N3O6S2. The van der Waals surface area contributed by atoms with Crippen LogP contribution in [-0.4, -0.2) is 56.3 Å². The third-order valence-corrected chi connectivity index (χ3v) is 8.14. The van der Waals surface area contributed by atoms with Crippen LogP contribution in [0.5, 0.6) is 5.75 Å². The Morgan fingerprint density at radius 3 is 2.44 bits per heavy atom. The van der Waals surface area contributed by atoms with Crippen molar-refractivity contribution in [1.82, 2.24) is 9.29 Å². The Labute approximate surface area is 192 Å². The summed E-state index contributed by atoms with van der Waals surface area (Å²) in [6.07, 6.45) is 0.787. The number of hydrogen-bond donors (Lipinski definition) is 0. The summed E-state index contributed by atoms with van der Waals surface area (Å²) in [5.41, 5.74) is 0.581.